The Bertz CT molecular complexity index is 2280. The number of nitrogens with one attached hydrogen (secondary N) is 1. The number of benzene rings is 2. The highest BCUT2D eigenvalue weighted by molar-refractivity contribution is 5.94. The van der Waals surface area contributed by atoms with Crippen LogP contribution < -0.4 is 37.0 Å². The van der Waals surface area contributed by atoms with Gasteiger partial charge in [-0.25, -0.2) is 0 Å². The lowest BCUT2D eigenvalue weighted by Gasteiger charge is -2.41. The molecule has 6 rings (SSSR count). The molecule has 6 atom stereocenters. The van der Waals surface area contributed by atoms with Crippen LogP contribution in [-0.4, -0.2) is 81.3 Å². The van der Waals surface area contributed by atoms with Crippen LogP contribution in [0.1, 0.15) is 47.4 Å². The lowest BCUT2D eigenvalue weighted by molar-refractivity contribution is -0.249. The van der Waals surface area contributed by atoms with Gasteiger partial charge in [0, 0.05) is 41.3 Å². The predicted molar refractivity (Wildman–Crippen MR) is 171 cm³/mol. The Morgan fingerprint density at radius 2 is 1.68 bits per heavy atom. The number of aliphatic hydroxyl groups is 3. The standard InChI is InChI=1S/C34H32N2O14/c1-14-28(39)19(35-33(44)15-6-8-16(9-7-15)36(46)47)10-23(49-14)50-21-12-34(45,22(38)13-37)11-18-25(21)32(43)27-26(30(18)41)29(40)17-4-3-5-20(48-2)24(17)31(27)42/h3-9,14,19,21,23,28,37,39,45-47H,10-13H2,1-2H3,(H,35,44)/t14-,19-,21-,23-,28+,34-/m0/s1. The molecule has 4 aliphatic rings. The summed E-state index contributed by atoms with van der Waals surface area (Å²) in [6.45, 7) is 0.352. The zero-order valence-electron chi connectivity index (χ0n) is 26.6. The second kappa shape index (κ2) is 13.1. The van der Waals surface area contributed by atoms with Crippen LogP contribution >= 0.6 is 0 Å². The first kappa shape index (κ1) is 34.9. The molecule has 1 aliphatic heterocycles. The van der Waals surface area contributed by atoms with Gasteiger partial charge in [-0.3, -0.25) is 39.2 Å². The van der Waals surface area contributed by atoms with Gasteiger partial charge in [0.2, 0.25) is 5.43 Å². The number of carbonyl (C=O) groups is 2. The van der Waals surface area contributed by atoms with Crippen LogP contribution in [0.4, 0.5) is 5.69 Å². The van der Waals surface area contributed by atoms with Crippen molar-refractivity contribution in [2.75, 3.05) is 18.9 Å². The van der Waals surface area contributed by atoms with Crippen LogP contribution in [0.3, 0.4) is 0 Å². The van der Waals surface area contributed by atoms with Gasteiger partial charge in [-0.2, -0.15) is 0 Å². The molecular weight excluding hydrogens is 660 g/mol. The van der Waals surface area contributed by atoms with Gasteiger partial charge in [0.15, 0.2) is 28.4 Å². The summed E-state index contributed by atoms with van der Waals surface area (Å²) < 4.78 is 17.2. The zero-order chi connectivity index (χ0) is 36.2. The summed E-state index contributed by atoms with van der Waals surface area (Å²) in [5.41, 5.74) is -7.11. The molecule has 1 fully saturated rings. The van der Waals surface area contributed by atoms with Crippen molar-refractivity contribution in [3.05, 3.63) is 110 Å². The molecule has 1 saturated heterocycles. The van der Waals surface area contributed by atoms with E-state index in [0.29, 0.717) is 0 Å². The molecule has 2 aromatic rings. The SMILES string of the molecule is COc1cccc2c(=O)c3c(=O)c4c(c(=O)c=3c(=O)c12)[C@@H](O[C@H]1C[C@H](NC(=O)c2ccc(N(O)O)cc2)[C@H](O)[C@H](C)O1)C[C@](O)(C(=O)CO)C4. The van der Waals surface area contributed by atoms with Crippen LogP contribution in [0, 0.1) is 10.4 Å². The van der Waals surface area contributed by atoms with Crippen molar-refractivity contribution in [1.29, 1.82) is 0 Å². The highest BCUT2D eigenvalue weighted by atomic mass is 16.8. The molecule has 3 aliphatic carbocycles. The minimum Gasteiger partial charge on any atom is -0.496 e. The molecule has 16 nitrogen and oxygen atoms in total. The number of methoxy groups -OCH3 is 1. The molecule has 262 valence electrons. The van der Waals surface area contributed by atoms with Crippen LogP contribution in [0.15, 0.2) is 61.6 Å². The van der Waals surface area contributed by atoms with Crippen molar-refractivity contribution in [3.8, 4) is 5.75 Å². The molecule has 0 spiro atoms. The van der Waals surface area contributed by atoms with E-state index >= 15 is 0 Å². The van der Waals surface area contributed by atoms with E-state index in [1.54, 1.807) is 0 Å². The van der Waals surface area contributed by atoms with E-state index in [-0.39, 0.29) is 45.0 Å². The van der Waals surface area contributed by atoms with E-state index in [9.17, 15) is 44.1 Å². The fourth-order valence-corrected chi connectivity index (χ4v) is 6.82. The number of hydrogen-bond donors (Lipinski definition) is 6. The summed E-state index contributed by atoms with van der Waals surface area (Å²) in [7, 11) is 1.27. The Labute approximate surface area is 280 Å². The molecule has 16 heteroatoms. The number of amides is 1. The number of aliphatic hydroxyl groups excluding tert-OH is 2. The number of carbonyl (C=O) groups excluding carboxylic acids is 2. The quantitative estimate of drug-likeness (QED) is 0.122. The van der Waals surface area contributed by atoms with Crippen LogP contribution in [-0.2, 0) is 20.7 Å². The van der Waals surface area contributed by atoms with Crippen molar-refractivity contribution in [3.63, 3.8) is 0 Å². The maximum atomic E-state index is 14.2. The fraction of sp³-hybridized carbons (Fsp3) is 0.353. The lowest BCUT2D eigenvalue weighted by Crippen LogP contribution is -2.56. The molecule has 0 unspecified atom stereocenters. The fourth-order valence-electron chi connectivity index (χ4n) is 6.82. The molecule has 2 aromatic carbocycles. The van der Waals surface area contributed by atoms with Crippen molar-refractivity contribution in [2.24, 2.45) is 0 Å². The molecule has 1 amide bonds. The van der Waals surface area contributed by atoms with E-state index < -0.39 is 105 Å². The van der Waals surface area contributed by atoms with Gasteiger partial charge < -0.3 is 34.8 Å². The Morgan fingerprint density at radius 3 is 2.32 bits per heavy atom. The number of nitrogens with zero attached hydrogens (tertiary/aromatic N) is 1. The van der Waals surface area contributed by atoms with Gasteiger partial charge in [0.05, 0.1) is 46.9 Å². The molecular formula is C34H32N2O14. The maximum Gasteiger partial charge on any atom is 0.251 e. The molecule has 0 aromatic heterocycles. The van der Waals surface area contributed by atoms with E-state index in [4.69, 9.17) is 24.6 Å². The minimum absolute atomic E-state index is 0.00253. The first-order valence-electron chi connectivity index (χ1n) is 15.5. The average Bonchev–Trinajstić information content (AvgIpc) is 3.09. The molecule has 0 saturated carbocycles. The maximum absolute atomic E-state index is 14.2. The van der Waals surface area contributed by atoms with Crippen LogP contribution in [0.5, 0.6) is 5.75 Å². The number of hydrogen-bond acceptors (Lipinski definition) is 15. The topological polar surface area (TPSA) is 247 Å². The normalized spacial score (nSPS) is 24.9. The van der Waals surface area contributed by atoms with Crippen molar-refractivity contribution < 1.29 is 49.5 Å². The highest BCUT2D eigenvalue weighted by Crippen LogP contribution is 2.38. The summed E-state index contributed by atoms with van der Waals surface area (Å²) in [4.78, 5) is 81.5. The second-order valence-corrected chi connectivity index (χ2v) is 12.4. The number of rotatable bonds is 8. The monoisotopic (exact) mass is 692 g/mol. The average molecular weight is 693 g/mol. The molecule has 1 heterocycles. The molecule has 0 bridgehead atoms. The summed E-state index contributed by atoms with van der Waals surface area (Å²) in [5.74, 6) is -1.73. The van der Waals surface area contributed by atoms with E-state index in [0.717, 1.165) is 0 Å². The van der Waals surface area contributed by atoms with E-state index in [2.05, 4.69) is 5.32 Å². The Kier molecular flexibility index (Phi) is 9.12. The number of ether oxygens (including phenoxy) is 3. The second-order valence-electron chi connectivity index (χ2n) is 12.4. The van der Waals surface area contributed by atoms with Gasteiger partial charge >= 0.3 is 0 Å². The van der Waals surface area contributed by atoms with Gasteiger partial charge in [-0.15, -0.1) is 5.23 Å². The third kappa shape index (κ3) is 5.75. The van der Waals surface area contributed by atoms with E-state index in [1.807, 2.05) is 0 Å². The lowest BCUT2D eigenvalue weighted by atomic mass is 9.75. The van der Waals surface area contributed by atoms with E-state index in [1.165, 1.54) is 56.5 Å². The summed E-state index contributed by atoms with van der Waals surface area (Å²) in [6, 6.07) is 8.28. The highest BCUT2D eigenvalue weighted by Gasteiger charge is 2.48. The van der Waals surface area contributed by atoms with Crippen LogP contribution in [0.25, 0.3) is 10.8 Å². The Morgan fingerprint density at radius 1 is 1.00 bits per heavy atom. The first-order chi connectivity index (χ1) is 23.7. The van der Waals surface area contributed by atoms with Gasteiger partial charge in [-0.1, -0.05) is 12.1 Å². The van der Waals surface area contributed by atoms with Crippen molar-refractivity contribution in [2.45, 2.75) is 62.4 Å². The number of anilines is 1. The third-order valence-electron chi connectivity index (χ3n) is 9.40. The van der Waals surface area contributed by atoms with Crippen molar-refractivity contribution >= 4 is 28.2 Å². The number of Topliss-reactive ketones (excluding diaryl/α,β-unsaturated/α-hetero) is 1. The minimum atomic E-state index is -2.42. The molecule has 50 heavy (non-hydrogen) atoms. The van der Waals surface area contributed by atoms with Gasteiger partial charge in [0.25, 0.3) is 5.91 Å². The summed E-state index contributed by atoms with van der Waals surface area (Å²) in [6.07, 6.45) is -6.80. The van der Waals surface area contributed by atoms with Gasteiger partial charge in [-0.05, 0) is 37.3 Å². The molecule has 6 N–H and O–H groups in total. The number of fused-ring (bicyclic) bond motifs is 2. The largest absolute Gasteiger partial charge is 0.496 e. The first-order valence-corrected chi connectivity index (χ1v) is 15.5. The Balaban J connectivity index is 1.43. The third-order valence-corrected chi connectivity index (χ3v) is 9.40. The van der Waals surface area contributed by atoms with Crippen LogP contribution in [0.2, 0.25) is 0 Å². The van der Waals surface area contributed by atoms with Gasteiger partial charge in [0.1, 0.15) is 24.1 Å². The summed E-state index contributed by atoms with van der Waals surface area (Å²) >= 11 is 0. The Hall–Kier alpha value is -4.94. The zero-order valence-corrected chi connectivity index (χ0v) is 26.6. The molecule has 0 radical (unpaired) electrons. The number of ketones is 1. The predicted octanol–water partition coefficient (Wildman–Crippen LogP) is -0.935. The smallest absolute Gasteiger partial charge is 0.251 e. The summed E-state index contributed by atoms with van der Waals surface area (Å²) in [5, 5.41) is 51.0. The van der Waals surface area contributed by atoms with Crippen molar-refractivity contribution in [1.82, 2.24) is 5.32 Å².